The summed E-state index contributed by atoms with van der Waals surface area (Å²) in [5.41, 5.74) is 4.57. The maximum absolute atomic E-state index is 12.4. The van der Waals surface area contributed by atoms with E-state index in [2.05, 4.69) is 31.3 Å². The van der Waals surface area contributed by atoms with Crippen molar-refractivity contribution in [2.45, 2.75) is 60.0 Å². The third kappa shape index (κ3) is 6.29. The van der Waals surface area contributed by atoms with Crippen molar-refractivity contribution < 1.29 is 14.3 Å². The first kappa shape index (κ1) is 21.8. The van der Waals surface area contributed by atoms with Gasteiger partial charge in [-0.15, -0.1) is 0 Å². The Hall–Kier alpha value is -2.49. The minimum atomic E-state index is -0.528. The van der Waals surface area contributed by atoms with E-state index < -0.39 is 6.10 Å². The fourth-order valence-electron chi connectivity index (χ4n) is 3.06. The van der Waals surface area contributed by atoms with Crippen LogP contribution in [0.2, 0.25) is 0 Å². The zero-order valence-electron chi connectivity index (χ0n) is 17.8. The Labute approximate surface area is 169 Å². The summed E-state index contributed by atoms with van der Waals surface area (Å²) in [7, 11) is 0. The van der Waals surface area contributed by atoms with Crippen LogP contribution < -0.4 is 14.8 Å². The lowest BCUT2D eigenvalue weighted by Crippen LogP contribution is -2.37. The van der Waals surface area contributed by atoms with E-state index in [9.17, 15) is 4.79 Å². The SMILES string of the molecule is CCCOc1ccccc1CCCNC(=O)[C@@H](C)Oc1cc(C)cc(C)c1C. The molecule has 2 aromatic carbocycles. The third-order valence-corrected chi connectivity index (χ3v) is 4.79. The molecule has 2 rings (SSSR count). The van der Waals surface area contributed by atoms with E-state index in [1.807, 2.05) is 38.1 Å². The van der Waals surface area contributed by atoms with Crippen LogP contribution in [0.3, 0.4) is 0 Å². The van der Waals surface area contributed by atoms with Gasteiger partial charge in [-0.1, -0.05) is 31.2 Å². The minimum Gasteiger partial charge on any atom is -0.493 e. The fourth-order valence-corrected chi connectivity index (χ4v) is 3.06. The molecule has 4 nitrogen and oxygen atoms in total. The van der Waals surface area contributed by atoms with Gasteiger partial charge in [0.15, 0.2) is 6.10 Å². The summed E-state index contributed by atoms with van der Waals surface area (Å²) in [6.07, 6.45) is 2.18. The Morgan fingerprint density at radius 1 is 1.11 bits per heavy atom. The number of carbonyl (C=O) groups excluding carboxylic acids is 1. The average Bonchev–Trinajstić information content (AvgIpc) is 2.67. The number of benzene rings is 2. The highest BCUT2D eigenvalue weighted by molar-refractivity contribution is 5.80. The number of hydrogen-bond acceptors (Lipinski definition) is 3. The molecular weight excluding hydrogens is 350 g/mol. The van der Waals surface area contributed by atoms with Crippen LogP contribution in [0.25, 0.3) is 0 Å². The topological polar surface area (TPSA) is 47.6 Å². The van der Waals surface area contributed by atoms with E-state index in [-0.39, 0.29) is 5.91 Å². The summed E-state index contributed by atoms with van der Waals surface area (Å²) in [5.74, 6) is 1.63. The predicted molar refractivity (Wildman–Crippen MR) is 114 cm³/mol. The summed E-state index contributed by atoms with van der Waals surface area (Å²) in [4.78, 5) is 12.4. The van der Waals surface area contributed by atoms with Gasteiger partial charge in [-0.2, -0.15) is 0 Å². The second kappa shape index (κ2) is 10.7. The number of para-hydroxylation sites is 1. The van der Waals surface area contributed by atoms with Gasteiger partial charge in [0.2, 0.25) is 0 Å². The molecule has 0 saturated heterocycles. The van der Waals surface area contributed by atoms with Gasteiger partial charge in [-0.25, -0.2) is 0 Å². The molecule has 0 aliphatic rings. The van der Waals surface area contributed by atoms with Crippen molar-refractivity contribution in [3.8, 4) is 11.5 Å². The van der Waals surface area contributed by atoms with Crippen molar-refractivity contribution >= 4 is 5.91 Å². The maximum atomic E-state index is 12.4. The van der Waals surface area contributed by atoms with Crippen LogP contribution in [0.1, 0.15) is 48.9 Å². The van der Waals surface area contributed by atoms with Gasteiger partial charge in [0, 0.05) is 6.54 Å². The number of amides is 1. The summed E-state index contributed by atoms with van der Waals surface area (Å²) >= 11 is 0. The second-order valence-corrected chi connectivity index (χ2v) is 7.32. The number of rotatable bonds is 10. The average molecular weight is 384 g/mol. The smallest absolute Gasteiger partial charge is 0.260 e. The number of carbonyl (C=O) groups is 1. The molecule has 0 aliphatic carbocycles. The quantitative estimate of drug-likeness (QED) is 0.593. The van der Waals surface area contributed by atoms with E-state index in [1.54, 1.807) is 6.92 Å². The zero-order valence-corrected chi connectivity index (χ0v) is 17.8. The molecule has 1 N–H and O–H groups in total. The number of aryl methyl sites for hydroxylation is 3. The van der Waals surface area contributed by atoms with Gasteiger partial charge < -0.3 is 14.8 Å². The van der Waals surface area contributed by atoms with E-state index in [1.165, 1.54) is 11.1 Å². The molecule has 0 saturated carbocycles. The van der Waals surface area contributed by atoms with Gasteiger partial charge in [0.1, 0.15) is 11.5 Å². The van der Waals surface area contributed by atoms with Crippen LogP contribution in [0, 0.1) is 20.8 Å². The summed E-state index contributed by atoms with van der Waals surface area (Å²) in [6, 6.07) is 12.2. The Morgan fingerprint density at radius 2 is 1.86 bits per heavy atom. The van der Waals surface area contributed by atoms with Crippen LogP contribution >= 0.6 is 0 Å². The summed E-state index contributed by atoms with van der Waals surface area (Å²) in [6.45, 7) is 11.3. The van der Waals surface area contributed by atoms with E-state index >= 15 is 0 Å². The van der Waals surface area contributed by atoms with Crippen LogP contribution in [0.15, 0.2) is 36.4 Å². The maximum Gasteiger partial charge on any atom is 0.260 e. The van der Waals surface area contributed by atoms with Gasteiger partial charge in [-0.05, 0) is 81.3 Å². The first-order valence-corrected chi connectivity index (χ1v) is 10.1. The normalized spacial score (nSPS) is 11.8. The Morgan fingerprint density at radius 3 is 2.61 bits per heavy atom. The summed E-state index contributed by atoms with van der Waals surface area (Å²) in [5, 5.41) is 2.98. The largest absolute Gasteiger partial charge is 0.493 e. The lowest BCUT2D eigenvalue weighted by molar-refractivity contribution is -0.127. The molecular formula is C24H33NO3. The number of hydrogen-bond donors (Lipinski definition) is 1. The van der Waals surface area contributed by atoms with Crippen molar-refractivity contribution in [3.63, 3.8) is 0 Å². The lowest BCUT2D eigenvalue weighted by atomic mass is 10.1. The highest BCUT2D eigenvalue weighted by Gasteiger charge is 2.16. The van der Waals surface area contributed by atoms with E-state index in [4.69, 9.17) is 9.47 Å². The number of ether oxygens (including phenoxy) is 2. The standard InChI is InChI=1S/C24H33NO3/c1-6-14-27-22-12-8-7-10-21(22)11-9-13-25-24(26)20(5)28-23-16-17(2)15-18(3)19(23)4/h7-8,10,12,15-16,20H,6,9,11,13-14H2,1-5H3,(H,25,26)/t20-/m1/s1. The lowest BCUT2D eigenvalue weighted by Gasteiger charge is -2.18. The molecule has 0 heterocycles. The highest BCUT2D eigenvalue weighted by Crippen LogP contribution is 2.24. The first-order chi connectivity index (χ1) is 13.4. The predicted octanol–water partition coefficient (Wildman–Crippen LogP) is 4.92. The van der Waals surface area contributed by atoms with Crippen molar-refractivity contribution in [3.05, 3.63) is 58.7 Å². The van der Waals surface area contributed by atoms with E-state index in [0.717, 1.165) is 48.5 Å². The van der Waals surface area contributed by atoms with Gasteiger partial charge in [0.25, 0.3) is 5.91 Å². The molecule has 1 atom stereocenters. The zero-order chi connectivity index (χ0) is 20.5. The molecule has 152 valence electrons. The van der Waals surface area contributed by atoms with Crippen LogP contribution in [-0.4, -0.2) is 25.2 Å². The first-order valence-electron chi connectivity index (χ1n) is 10.1. The van der Waals surface area contributed by atoms with E-state index in [0.29, 0.717) is 6.54 Å². The van der Waals surface area contributed by atoms with Crippen molar-refractivity contribution in [1.29, 1.82) is 0 Å². The highest BCUT2D eigenvalue weighted by atomic mass is 16.5. The monoisotopic (exact) mass is 383 g/mol. The van der Waals surface area contributed by atoms with Crippen molar-refractivity contribution in [2.24, 2.45) is 0 Å². The molecule has 0 spiro atoms. The van der Waals surface area contributed by atoms with Gasteiger partial charge in [-0.3, -0.25) is 4.79 Å². The molecule has 0 unspecified atom stereocenters. The van der Waals surface area contributed by atoms with Gasteiger partial charge >= 0.3 is 0 Å². The minimum absolute atomic E-state index is 0.0888. The Kier molecular flexibility index (Phi) is 8.37. The second-order valence-electron chi connectivity index (χ2n) is 7.32. The molecule has 0 bridgehead atoms. The van der Waals surface area contributed by atoms with Crippen molar-refractivity contribution in [2.75, 3.05) is 13.2 Å². The van der Waals surface area contributed by atoms with Crippen LogP contribution in [-0.2, 0) is 11.2 Å². The molecule has 0 radical (unpaired) electrons. The van der Waals surface area contributed by atoms with Crippen LogP contribution in [0.4, 0.5) is 0 Å². The summed E-state index contributed by atoms with van der Waals surface area (Å²) < 4.78 is 11.7. The third-order valence-electron chi connectivity index (χ3n) is 4.79. The van der Waals surface area contributed by atoms with Crippen molar-refractivity contribution in [1.82, 2.24) is 5.32 Å². The van der Waals surface area contributed by atoms with Gasteiger partial charge in [0.05, 0.1) is 6.61 Å². The fraction of sp³-hybridized carbons (Fsp3) is 0.458. The molecule has 0 aromatic heterocycles. The molecule has 0 aliphatic heterocycles. The van der Waals surface area contributed by atoms with Crippen LogP contribution in [0.5, 0.6) is 11.5 Å². The molecule has 4 heteroatoms. The molecule has 2 aromatic rings. The molecule has 28 heavy (non-hydrogen) atoms. The Bertz CT molecular complexity index is 785. The molecule has 0 fully saturated rings. The Balaban J connectivity index is 1.81. The number of nitrogens with one attached hydrogen (secondary N) is 1. The molecule has 1 amide bonds.